The average Bonchev–Trinajstić information content (AvgIpc) is 2.29. The van der Waals surface area contributed by atoms with Crippen LogP contribution in [0.15, 0.2) is 24.3 Å². The standard InChI is InChI=1S/C13H22N2O/c1-11(14-9-10-16-4)12-5-7-13(8-6-12)15(2)3/h5-8,11,14H,9-10H2,1-4H3. The summed E-state index contributed by atoms with van der Waals surface area (Å²) in [6.07, 6.45) is 0. The predicted octanol–water partition coefficient (Wildman–Crippen LogP) is 2.05. The highest BCUT2D eigenvalue weighted by molar-refractivity contribution is 5.46. The molecule has 0 aliphatic heterocycles. The number of hydrogen-bond donors (Lipinski definition) is 1. The third-order valence-corrected chi connectivity index (χ3v) is 2.67. The van der Waals surface area contributed by atoms with Gasteiger partial charge in [-0.05, 0) is 24.6 Å². The predicted molar refractivity (Wildman–Crippen MR) is 69.1 cm³/mol. The van der Waals surface area contributed by atoms with Gasteiger partial charge in [0.25, 0.3) is 0 Å². The van der Waals surface area contributed by atoms with E-state index in [1.807, 2.05) is 0 Å². The van der Waals surface area contributed by atoms with Gasteiger partial charge in [0.1, 0.15) is 0 Å². The molecule has 1 rings (SSSR count). The summed E-state index contributed by atoms with van der Waals surface area (Å²) < 4.78 is 5.01. The van der Waals surface area contributed by atoms with Crippen molar-refractivity contribution in [3.05, 3.63) is 29.8 Å². The minimum atomic E-state index is 0.367. The molecule has 1 atom stereocenters. The number of nitrogens with one attached hydrogen (secondary N) is 1. The van der Waals surface area contributed by atoms with Gasteiger partial charge in [-0.1, -0.05) is 12.1 Å². The fourth-order valence-electron chi connectivity index (χ4n) is 1.56. The lowest BCUT2D eigenvalue weighted by atomic mass is 10.1. The van der Waals surface area contributed by atoms with E-state index in [2.05, 4.69) is 55.5 Å². The first kappa shape index (κ1) is 13.0. The van der Waals surface area contributed by atoms with Crippen molar-refractivity contribution in [2.75, 3.05) is 39.3 Å². The Hall–Kier alpha value is -1.06. The monoisotopic (exact) mass is 222 g/mol. The molecule has 0 aliphatic rings. The Morgan fingerprint density at radius 3 is 2.38 bits per heavy atom. The maximum Gasteiger partial charge on any atom is 0.0587 e. The summed E-state index contributed by atoms with van der Waals surface area (Å²) in [6.45, 7) is 3.80. The smallest absolute Gasteiger partial charge is 0.0587 e. The second-order valence-electron chi connectivity index (χ2n) is 4.15. The molecular formula is C13H22N2O. The number of benzene rings is 1. The van der Waals surface area contributed by atoms with E-state index in [0.29, 0.717) is 6.04 Å². The number of ether oxygens (including phenoxy) is 1. The Morgan fingerprint density at radius 2 is 1.88 bits per heavy atom. The number of hydrogen-bond acceptors (Lipinski definition) is 3. The molecule has 0 radical (unpaired) electrons. The lowest BCUT2D eigenvalue weighted by Gasteiger charge is -2.16. The zero-order valence-corrected chi connectivity index (χ0v) is 10.7. The van der Waals surface area contributed by atoms with Gasteiger partial charge in [0, 0.05) is 39.5 Å². The SMILES string of the molecule is COCCNC(C)c1ccc(N(C)C)cc1. The maximum atomic E-state index is 5.01. The zero-order valence-electron chi connectivity index (χ0n) is 10.7. The van der Waals surface area contributed by atoms with E-state index in [1.54, 1.807) is 7.11 Å². The fourth-order valence-corrected chi connectivity index (χ4v) is 1.56. The molecule has 3 heteroatoms. The van der Waals surface area contributed by atoms with E-state index < -0.39 is 0 Å². The molecule has 0 spiro atoms. The maximum absolute atomic E-state index is 5.01. The average molecular weight is 222 g/mol. The van der Waals surface area contributed by atoms with E-state index in [0.717, 1.165) is 13.2 Å². The summed E-state index contributed by atoms with van der Waals surface area (Å²) in [7, 11) is 5.82. The van der Waals surface area contributed by atoms with E-state index in [-0.39, 0.29) is 0 Å². The van der Waals surface area contributed by atoms with Crippen LogP contribution < -0.4 is 10.2 Å². The zero-order chi connectivity index (χ0) is 12.0. The van der Waals surface area contributed by atoms with Crippen molar-refractivity contribution >= 4 is 5.69 Å². The Kier molecular flexibility index (Phi) is 5.29. The van der Waals surface area contributed by atoms with Crippen molar-refractivity contribution < 1.29 is 4.74 Å². The topological polar surface area (TPSA) is 24.5 Å². The Labute approximate surface area is 98.4 Å². The lowest BCUT2D eigenvalue weighted by molar-refractivity contribution is 0.196. The minimum absolute atomic E-state index is 0.367. The van der Waals surface area contributed by atoms with Crippen LogP contribution >= 0.6 is 0 Å². The Bertz CT molecular complexity index is 295. The van der Waals surface area contributed by atoms with Gasteiger partial charge < -0.3 is 15.0 Å². The van der Waals surface area contributed by atoms with Crippen LogP contribution in [0.3, 0.4) is 0 Å². The molecule has 90 valence electrons. The molecule has 1 unspecified atom stereocenters. The summed E-state index contributed by atoms with van der Waals surface area (Å²) >= 11 is 0. The molecule has 0 aromatic heterocycles. The van der Waals surface area contributed by atoms with Gasteiger partial charge in [-0.25, -0.2) is 0 Å². The van der Waals surface area contributed by atoms with Crippen LogP contribution in [0.4, 0.5) is 5.69 Å². The molecule has 3 nitrogen and oxygen atoms in total. The van der Waals surface area contributed by atoms with Gasteiger partial charge in [0.2, 0.25) is 0 Å². The summed E-state index contributed by atoms with van der Waals surface area (Å²) in [6, 6.07) is 8.99. The molecular weight excluding hydrogens is 200 g/mol. The molecule has 16 heavy (non-hydrogen) atoms. The highest BCUT2D eigenvalue weighted by Gasteiger charge is 2.04. The first-order valence-electron chi connectivity index (χ1n) is 5.64. The molecule has 0 bridgehead atoms. The summed E-state index contributed by atoms with van der Waals surface area (Å²) in [4.78, 5) is 2.10. The van der Waals surface area contributed by atoms with Crippen molar-refractivity contribution in [1.82, 2.24) is 5.32 Å². The quantitative estimate of drug-likeness (QED) is 0.746. The van der Waals surface area contributed by atoms with E-state index in [1.165, 1.54) is 11.3 Å². The first-order chi connectivity index (χ1) is 7.65. The van der Waals surface area contributed by atoms with Crippen molar-refractivity contribution in [1.29, 1.82) is 0 Å². The van der Waals surface area contributed by atoms with Crippen LogP contribution in [0.5, 0.6) is 0 Å². The van der Waals surface area contributed by atoms with E-state index >= 15 is 0 Å². The number of nitrogens with zero attached hydrogens (tertiary/aromatic N) is 1. The van der Waals surface area contributed by atoms with Gasteiger partial charge >= 0.3 is 0 Å². The minimum Gasteiger partial charge on any atom is -0.383 e. The highest BCUT2D eigenvalue weighted by Crippen LogP contribution is 2.17. The molecule has 1 aromatic carbocycles. The van der Waals surface area contributed by atoms with Crippen molar-refractivity contribution in [3.8, 4) is 0 Å². The van der Waals surface area contributed by atoms with Crippen LogP contribution in [-0.4, -0.2) is 34.4 Å². The van der Waals surface area contributed by atoms with Crippen LogP contribution in [0.25, 0.3) is 0 Å². The Morgan fingerprint density at radius 1 is 1.25 bits per heavy atom. The van der Waals surface area contributed by atoms with Crippen molar-refractivity contribution in [3.63, 3.8) is 0 Å². The largest absolute Gasteiger partial charge is 0.383 e. The third kappa shape index (κ3) is 3.83. The second-order valence-corrected chi connectivity index (χ2v) is 4.15. The number of anilines is 1. The van der Waals surface area contributed by atoms with Gasteiger partial charge in [-0.2, -0.15) is 0 Å². The Balaban J connectivity index is 2.52. The molecule has 0 amide bonds. The summed E-state index contributed by atoms with van der Waals surface area (Å²) in [5.74, 6) is 0. The van der Waals surface area contributed by atoms with Crippen LogP contribution in [-0.2, 0) is 4.74 Å². The molecule has 1 aromatic rings. The third-order valence-electron chi connectivity index (χ3n) is 2.67. The molecule has 0 fully saturated rings. The second kappa shape index (κ2) is 6.51. The van der Waals surface area contributed by atoms with Crippen molar-refractivity contribution in [2.45, 2.75) is 13.0 Å². The van der Waals surface area contributed by atoms with Crippen LogP contribution in [0, 0.1) is 0 Å². The lowest BCUT2D eigenvalue weighted by Crippen LogP contribution is -2.22. The first-order valence-corrected chi connectivity index (χ1v) is 5.64. The molecule has 0 saturated heterocycles. The van der Waals surface area contributed by atoms with E-state index in [4.69, 9.17) is 4.74 Å². The summed E-state index contributed by atoms with van der Waals surface area (Å²) in [5.41, 5.74) is 2.54. The molecule has 0 saturated carbocycles. The number of methoxy groups -OCH3 is 1. The molecule has 0 heterocycles. The summed E-state index contributed by atoms with van der Waals surface area (Å²) in [5, 5.41) is 3.41. The molecule has 0 aliphatic carbocycles. The van der Waals surface area contributed by atoms with Gasteiger partial charge in [-0.3, -0.25) is 0 Å². The van der Waals surface area contributed by atoms with Crippen molar-refractivity contribution in [2.24, 2.45) is 0 Å². The van der Waals surface area contributed by atoms with Gasteiger partial charge in [0.05, 0.1) is 6.61 Å². The normalized spacial score (nSPS) is 12.5. The van der Waals surface area contributed by atoms with Crippen LogP contribution in [0.2, 0.25) is 0 Å². The van der Waals surface area contributed by atoms with E-state index in [9.17, 15) is 0 Å². The number of rotatable bonds is 6. The van der Waals surface area contributed by atoms with Gasteiger partial charge in [0.15, 0.2) is 0 Å². The molecule has 1 N–H and O–H groups in total. The van der Waals surface area contributed by atoms with Gasteiger partial charge in [-0.15, -0.1) is 0 Å². The highest BCUT2D eigenvalue weighted by atomic mass is 16.5. The van der Waals surface area contributed by atoms with Crippen LogP contribution in [0.1, 0.15) is 18.5 Å². The fraction of sp³-hybridized carbons (Fsp3) is 0.538.